The molecule has 6 heteroatoms. The Bertz CT molecular complexity index is 3070. The third-order valence-electron chi connectivity index (χ3n) is 11.2. The smallest absolute Gasteiger partial charge is 0.164 e. The molecular formula is C49H33N5S. The van der Waals surface area contributed by atoms with Crippen molar-refractivity contribution in [1.82, 2.24) is 24.5 Å². The summed E-state index contributed by atoms with van der Waals surface area (Å²) in [5.41, 5.74) is 16.9. The van der Waals surface area contributed by atoms with Gasteiger partial charge < -0.3 is 4.57 Å². The predicted octanol–water partition coefficient (Wildman–Crippen LogP) is 12.6. The summed E-state index contributed by atoms with van der Waals surface area (Å²) in [6.45, 7) is 4.70. The number of fused-ring (bicyclic) bond motifs is 7. The van der Waals surface area contributed by atoms with E-state index >= 15 is 0 Å². The van der Waals surface area contributed by atoms with Crippen LogP contribution in [0.3, 0.4) is 0 Å². The van der Waals surface area contributed by atoms with Crippen molar-refractivity contribution in [1.29, 1.82) is 0 Å². The fraction of sp³-hybridized carbons (Fsp3) is 0.0612. The van der Waals surface area contributed by atoms with E-state index in [4.69, 9.17) is 15.0 Å². The topological polar surface area (TPSA) is 56.5 Å². The molecular weight excluding hydrogens is 691 g/mol. The van der Waals surface area contributed by atoms with Gasteiger partial charge in [-0.25, -0.2) is 19.9 Å². The number of rotatable bonds is 5. The highest BCUT2D eigenvalue weighted by Crippen LogP contribution is 2.51. The van der Waals surface area contributed by atoms with Gasteiger partial charge in [0.2, 0.25) is 0 Å². The van der Waals surface area contributed by atoms with Crippen LogP contribution in [0.25, 0.3) is 94.1 Å². The van der Waals surface area contributed by atoms with E-state index in [0.717, 1.165) is 38.9 Å². The largest absolute Gasteiger partial charge is 0.309 e. The predicted molar refractivity (Wildman–Crippen MR) is 227 cm³/mol. The summed E-state index contributed by atoms with van der Waals surface area (Å²) in [7, 11) is 0. The molecule has 3 aromatic heterocycles. The molecule has 0 fully saturated rings. The Hall–Kier alpha value is -6.76. The molecule has 0 N–H and O–H groups in total. The molecule has 0 spiro atoms. The lowest BCUT2D eigenvalue weighted by Gasteiger charge is -2.22. The van der Waals surface area contributed by atoms with E-state index < -0.39 is 0 Å². The average Bonchev–Trinajstić information content (AvgIpc) is 3.91. The summed E-state index contributed by atoms with van der Waals surface area (Å²) in [5, 5.41) is 2.43. The average molecular weight is 724 g/mol. The van der Waals surface area contributed by atoms with Gasteiger partial charge in [-0.1, -0.05) is 123 Å². The van der Waals surface area contributed by atoms with Crippen molar-refractivity contribution in [3.8, 4) is 62.1 Å². The number of thiazole rings is 1. The number of nitrogens with zero attached hydrogens (tertiary/aromatic N) is 5. The van der Waals surface area contributed by atoms with Crippen molar-refractivity contribution >= 4 is 43.4 Å². The van der Waals surface area contributed by atoms with E-state index in [9.17, 15) is 0 Å². The highest BCUT2D eigenvalue weighted by molar-refractivity contribution is 7.16. The van der Waals surface area contributed by atoms with Gasteiger partial charge in [-0.3, -0.25) is 0 Å². The van der Waals surface area contributed by atoms with Crippen LogP contribution in [-0.4, -0.2) is 24.5 Å². The molecule has 0 amide bonds. The first kappa shape index (κ1) is 31.7. The van der Waals surface area contributed by atoms with Crippen molar-refractivity contribution in [2.24, 2.45) is 0 Å². The normalized spacial score (nSPS) is 13.1. The molecule has 0 bridgehead atoms. The van der Waals surface area contributed by atoms with Crippen LogP contribution >= 0.6 is 11.3 Å². The van der Waals surface area contributed by atoms with Gasteiger partial charge in [0.15, 0.2) is 17.5 Å². The van der Waals surface area contributed by atoms with E-state index in [1.807, 2.05) is 66.2 Å². The second-order valence-electron chi connectivity index (χ2n) is 14.8. The zero-order valence-electron chi connectivity index (χ0n) is 30.2. The van der Waals surface area contributed by atoms with Crippen molar-refractivity contribution in [2.45, 2.75) is 19.3 Å². The zero-order valence-corrected chi connectivity index (χ0v) is 31.0. The lowest BCUT2D eigenvalue weighted by atomic mass is 9.81. The first-order valence-electron chi connectivity index (χ1n) is 18.5. The van der Waals surface area contributed by atoms with Crippen LogP contribution in [0.5, 0.6) is 0 Å². The Morgan fingerprint density at radius 3 is 1.85 bits per heavy atom. The molecule has 260 valence electrons. The third kappa shape index (κ3) is 5.06. The molecule has 55 heavy (non-hydrogen) atoms. The Morgan fingerprint density at radius 2 is 1.09 bits per heavy atom. The third-order valence-corrected chi connectivity index (χ3v) is 12.0. The number of para-hydroxylation sites is 1. The van der Waals surface area contributed by atoms with Gasteiger partial charge >= 0.3 is 0 Å². The van der Waals surface area contributed by atoms with Crippen LogP contribution in [0, 0.1) is 0 Å². The maximum Gasteiger partial charge on any atom is 0.164 e. The van der Waals surface area contributed by atoms with Gasteiger partial charge in [0, 0.05) is 38.6 Å². The number of benzene rings is 7. The van der Waals surface area contributed by atoms with Crippen LogP contribution in [0.2, 0.25) is 0 Å². The monoisotopic (exact) mass is 723 g/mol. The molecule has 3 heterocycles. The maximum absolute atomic E-state index is 5.02. The summed E-state index contributed by atoms with van der Waals surface area (Å²) in [4.78, 5) is 19.6. The lowest BCUT2D eigenvalue weighted by molar-refractivity contribution is 0.661. The van der Waals surface area contributed by atoms with Gasteiger partial charge in [0.1, 0.15) is 0 Å². The molecule has 11 rings (SSSR count). The van der Waals surface area contributed by atoms with Crippen molar-refractivity contribution in [2.75, 3.05) is 0 Å². The van der Waals surface area contributed by atoms with Crippen LogP contribution in [0.15, 0.2) is 163 Å². The number of hydrogen-bond acceptors (Lipinski definition) is 5. The maximum atomic E-state index is 5.02. The molecule has 5 nitrogen and oxygen atoms in total. The van der Waals surface area contributed by atoms with E-state index in [1.54, 1.807) is 11.3 Å². The molecule has 0 saturated carbocycles. The highest BCUT2D eigenvalue weighted by atomic mass is 32.1. The van der Waals surface area contributed by atoms with Crippen molar-refractivity contribution in [3.63, 3.8) is 0 Å². The second kappa shape index (κ2) is 12.1. The minimum Gasteiger partial charge on any atom is -0.309 e. The van der Waals surface area contributed by atoms with E-state index in [1.165, 1.54) is 48.9 Å². The van der Waals surface area contributed by atoms with Crippen molar-refractivity contribution < 1.29 is 0 Å². The van der Waals surface area contributed by atoms with Gasteiger partial charge in [-0.05, 0) is 81.9 Å². The molecule has 10 aromatic rings. The molecule has 0 radical (unpaired) electrons. The van der Waals surface area contributed by atoms with Gasteiger partial charge in [0.25, 0.3) is 0 Å². The van der Waals surface area contributed by atoms with E-state index in [2.05, 4.69) is 120 Å². The highest BCUT2D eigenvalue weighted by Gasteiger charge is 2.36. The van der Waals surface area contributed by atoms with Gasteiger partial charge in [-0.15, -0.1) is 11.3 Å². The summed E-state index contributed by atoms with van der Waals surface area (Å²) >= 11 is 1.71. The summed E-state index contributed by atoms with van der Waals surface area (Å²) in [6.07, 6.45) is 0. The first-order chi connectivity index (χ1) is 27.0. The van der Waals surface area contributed by atoms with Crippen LogP contribution in [-0.2, 0) is 5.41 Å². The zero-order chi connectivity index (χ0) is 36.7. The minimum absolute atomic E-state index is 0.105. The SMILES string of the molecule is CC1(C)c2cc(-c3ccc4c(c3)c3ccccc3n4-c3cccc(-c4nc(-c5ccccc5)nc(-c5ccccc5)n4)c3)ccc2-c2cc3ncsc3cc21. The van der Waals surface area contributed by atoms with Gasteiger partial charge in [0.05, 0.1) is 26.8 Å². The Morgan fingerprint density at radius 1 is 0.473 bits per heavy atom. The first-order valence-corrected chi connectivity index (χ1v) is 19.4. The molecule has 7 aromatic carbocycles. The van der Waals surface area contributed by atoms with Crippen LogP contribution < -0.4 is 0 Å². The standard InChI is InChI=1S/C49H33N5S/c1-49(2)40-26-33(20-22-36(40)38-27-42-45(28-41(38)49)55-29-50-42)32-21-23-44-39(25-32)37-18-9-10-19-43(37)54(44)35-17-11-16-34(24-35)48-52-46(30-12-5-3-6-13-30)51-47(53-48)31-14-7-4-8-15-31/h3-29H,1-2H3. The minimum atomic E-state index is -0.105. The second-order valence-corrected chi connectivity index (χ2v) is 15.7. The molecule has 1 aliphatic rings. The molecule has 0 unspecified atom stereocenters. The lowest BCUT2D eigenvalue weighted by Crippen LogP contribution is -2.14. The summed E-state index contributed by atoms with van der Waals surface area (Å²) in [5.74, 6) is 1.93. The fourth-order valence-electron chi connectivity index (χ4n) is 8.42. The Kier molecular flexibility index (Phi) is 7.00. The molecule has 0 aliphatic heterocycles. The van der Waals surface area contributed by atoms with Crippen LogP contribution in [0.1, 0.15) is 25.0 Å². The molecule has 0 atom stereocenters. The summed E-state index contributed by atoms with van der Waals surface area (Å²) in [6, 6.07) is 56.0. The van der Waals surface area contributed by atoms with E-state index in [-0.39, 0.29) is 5.41 Å². The Labute approximate surface area is 322 Å². The molecule has 1 aliphatic carbocycles. The van der Waals surface area contributed by atoms with Crippen molar-refractivity contribution in [3.05, 3.63) is 174 Å². The van der Waals surface area contributed by atoms with E-state index in [0.29, 0.717) is 17.5 Å². The molecule has 0 saturated heterocycles. The van der Waals surface area contributed by atoms with Gasteiger partial charge in [-0.2, -0.15) is 0 Å². The fourth-order valence-corrected chi connectivity index (χ4v) is 9.11. The summed E-state index contributed by atoms with van der Waals surface area (Å²) < 4.78 is 3.60. The number of hydrogen-bond donors (Lipinski definition) is 0. The number of aromatic nitrogens is 5. The Balaban J connectivity index is 1.03. The van der Waals surface area contributed by atoms with Crippen LogP contribution in [0.4, 0.5) is 0 Å². The quantitative estimate of drug-likeness (QED) is 0.177.